The monoisotopic (exact) mass is 334 g/mol. The fourth-order valence-electron chi connectivity index (χ4n) is 2.59. The van der Waals surface area contributed by atoms with Crippen molar-refractivity contribution in [3.63, 3.8) is 0 Å². The lowest BCUT2D eigenvalue weighted by atomic mass is 10.1. The van der Waals surface area contributed by atoms with Gasteiger partial charge in [-0.3, -0.25) is 0 Å². The maximum atomic E-state index is 5.37. The molecule has 0 aliphatic carbocycles. The van der Waals surface area contributed by atoms with Crippen LogP contribution in [-0.4, -0.2) is 17.1 Å². The predicted molar refractivity (Wildman–Crippen MR) is 101 cm³/mol. The maximum absolute atomic E-state index is 5.37. The second-order valence-corrected chi connectivity index (χ2v) is 5.71. The van der Waals surface area contributed by atoms with E-state index in [1.54, 1.807) is 13.3 Å². The van der Waals surface area contributed by atoms with Crippen LogP contribution >= 0.6 is 0 Å². The summed E-state index contributed by atoms with van der Waals surface area (Å²) < 4.78 is 5.37. The van der Waals surface area contributed by atoms with E-state index in [1.807, 2.05) is 48.5 Å². The predicted octanol–water partition coefficient (Wildman–Crippen LogP) is 4.27. The molecule has 1 heterocycles. The van der Waals surface area contributed by atoms with Gasteiger partial charge in [-0.1, -0.05) is 48.5 Å². The van der Waals surface area contributed by atoms with Crippen LogP contribution in [0.3, 0.4) is 0 Å². The zero-order valence-electron chi connectivity index (χ0n) is 14.4. The number of nitrogens with one attached hydrogen (secondary N) is 2. The van der Waals surface area contributed by atoms with Crippen molar-refractivity contribution in [3.8, 4) is 5.75 Å². The summed E-state index contributed by atoms with van der Waals surface area (Å²) in [6.45, 7) is 2.71. The Morgan fingerprint density at radius 2 is 1.76 bits per heavy atom. The summed E-state index contributed by atoms with van der Waals surface area (Å²) in [5.74, 6) is 2.21. The minimum absolute atomic E-state index is 0.165. The van der Waals surface area contributed by atoms with E-state index in [4.69, 9.17) is 4.74 Å². The number of para-hydroxylation sites is 1. The smallest absolute Gasteiger partial charge is 0.224 e. The first-order valence-corrected chi connectivity index (χ1v) is 8.26. The second-order valence-electron chi connectivity index (χ2n) is 5.71. The largest absolute Gasteiger partial charge is 0.496 e. The summed E-state index contributed by atoms with van der Waals surface area (Å²) in [7, 11) is 1.67. The molecule has 0 saturated heterocycles. The molecule has 1 unspecified atom stereocenters. The molecule has 0 amide bonds. The second kappa shape index (κ2) is 8.15. The molecule has 0 aliphatic rings. The van der Waals surface area contributed by atoms with Crippen LogP contribution in [-0.2, 0) is 6.54 Å². The molecule has 0 aliphatic heterocycles. The molecule has 2 aromatic carbocycles. The number of hydrogen-bond donors (Lipinski definition) is 2. The summed E-state index contributed by atoms with van der Waals surface area (Å²) in [5.41, 5.74) is 2.27. The molecule has 3 aromatic rings. The standard InChI is InChI=1S/C20H22N4O/c1-15(16-8-4-3-5-9-16)23-19-12-13-21-20(24-19)22-14-17-10-6-7-11-18(17)25-2/h3-13,15H,14H2,1-2H3,(H2,21,22,23,24). The van der Waals surface area contributed by atoms with Crippen LogP contribution in [0.1, 0.15) is 24.1 Å². The molecular formula is C20H22N4O. The molecule has 0 bridgehead atoms. The van der Waals surface area contributed by atoms with Crippen molar-refractivity contribution < 1.29 is 4.74 Å². The van der Waals surface area contributed by atoms with E-state index in [0.29, 0.717) is 12.5 Å². The number of aromatic nitrogens is 2. The van der Waals surface area contributed by atoms with Crippen molar-refractivity contribution in [2.75, 3.05) is 17.7 Å². The zero-order chi connectivity index (χ0) is 17.5. The first kappa shape index (κ1) is 16.8. The minimum atomic E-state index is 0.165. The fourth-order valence-corrected chi connectivity index (χ4v) is 2.59. The molecular weight excluding hydrogens is 312 g/mol. The van der Waals surface area contributed by atoms with E-state index in [1.165, 1.54) is 5.56 Å². The van der Waals surface area contributed by atoms with Gasteiger partial charge in [-0.05, 0) is 24.6 Å². The Labute approximate surface area is 148 Å². The number of methoxy groups -OCH3 is 1. The Bertz CT molecular complexity index is 808. The number of nitrogens with zero attached hydrogens (tertiary/aromatic N) is 2. The summed E-state index contributed by atoms with van der Waals surface area (Å²) in [6, 6.07) is 20.2. The highest BCUT2D eigenvalue weighted by atomic mass is 16.5. The van der Waals surface area contributed by atoms with Crippen LogP contribution in [0.5, 0.6) is 5.75 Å². The van der Waals surface area contributed by atoms with Gasteiger partial charge in [0.1, 0.15) is 11.6 Å². The molecule has 3 rings (SSSR count). The van der Waals surface area contributed by atoms with E-state index < -0.39 is 0 Å². The van der Waals surface area contributed by atoms with Gasteiger partial charge in [0.15, 0.2) is 0 Å². The van der Waals surface area contributed by atoms with Gasteiger partial charge in [0.2, 0.25) is 5.95 Å². The van der Waals surface area contributed by atoms with E-state index in [-0.39, 0.29) is 6.04 Å². The van der Waals surface area contributed by atoms with Crippen LogP contribution in [0.25, 0.3) is 0 Å². The Balaban J connectivity index is 1.65. The average molecular weight is 334 g/mol. The summed E-state index contributed by atoms with van der Waals surface area (Å²) in [5, 5.41) is 6.65. The SMILES string of the molecule is COc1ccccc1CNc1nccc(NC(C)c2ccccc2)n1. The van der Waals surface area contributed by atoms with Gasteiger partial charge in [-0.2, -0.15) is 4.98 Å². The van der Waals surface area contributed by atoms with Gasteiger partial charge in [0.05, 0.1) is 7.11 Å². The molecule has 1 aromatic heterocycles. The van der Waals surface area contributed by atoms with Crippen molar-refractivity contribution in [2.45, 2.75) is 19.5 Å². The molecule has 0 spiro atoms. The lowest BCUT2D eigenvalue weighted by molar-refractivity contribution is 0.410. The zero-order valence-corrected chi connectivity index (χ0v) is 14.4. The van der Waals surface area contributed by atoms with Crippen molar-refractivity contribution in [1.29, 1.82) is 0 Å². The quantitative estimate of drug-likeness (QED) is 0.676. The number of ether oxygens (including phenoxy) is 1. The topological polar surface area (TPSA) is 59.1 Å². The minimum Gasteiger partial charge on any atom is -0.496 e. The van der Waals surface area contributed by atoms with E-state index in [2.05, 4.69) is 39.7 Å². The Kier molecular flexibility index (Phi) is 5.46. The molecule has 0 saturated carbocycles. The van der Waals surface area contributed by atoms with Crippen LogP contribution in [0, 0.1) is 0 Å². The number of rotatable bonds is 7. The van der Waals surface area contributed by atoms with Crippen molar-refractivity contribution >= 4 is 11.8 Å². The highest BCUT2D eigenvalue weighted by Crippen LogP contribution is 2.20. The third-order valence-corrected chi connectivity index (χ3v) is 3.95. The Hall–Kier alpha value is -3.08. The number of benzene rings is 2. The van der Waals surface area contributed by atoms with Crippen LogP contribution in [0.2, 0.25) is 0 Å². The van der Waals surface area contributed by atoms with Crippen LogP contribution < -0.4 is 15.4 Å². The Morgan fingerprint density at radius 3 is 2.56 bits per heavy atom. The molecule has 0 fully saturated rings. The van der Waals surface area contributed by atoms with Gasteiger partial charge in [-0.25, -0.2) is 4.98 Å². The molecule has 2 N–H and O–H groups in total. The first-order valence-electron chi connectivity index (χ1n) is 8.26. The maximum Gasteiger partial charge on any atom is 0.224 e. The molecule has 0 radical (unpaired) electrons. The van der Waals surface area contributed by atoms with Crippen LogP contribution in [0.4, 0.5) is 11.8 Å². The summed E-state index contributed by atoms with van der Waals surface area (Å²) in [4.78, 5) is 8.82. The highest BCUT2D eigenvalue weighted by Gasteiger charge is 2.07. The molecule has 1 atom stereocenters. The number of anilines is 2. The molecule has 5 heteroatoms. The van der Waals surface area contributed by atoms with Gasteiger partial charge in [0.25, 0.3) is 0 Å². The lowest BCUT2D eigenvalue weighted by Crippen LogP contribution is -2.10. The van der Waals surface area contributed by atoms with Gasteiger partial charge >= 0.3 is 0 Å². The van der Waals surface area contributed by atoms with E-state index in [9.17, 15) is 0 Å². The van der Waals surface area contributed by atoms with E-state index >= 15 is 0 Å². The van der Waals surface area contributed by atoms with Crippen molar-refractivity contribution in [2.24, 2.45) is 0 Å². The van der Waals surface area contributed by atoms with E-state index in [0.717, 1.165) is 17.1 Å². The van der Waals surface area contributed by atoms with Crippen molar-refractivity contribution in [3.05, 3.63) is 78.0 Å². The third kappa shape index (κ3) is 4.47. The first-order chi connectivity index (χ1) is 12.3. The molecule has 128 valence electrons. The van der Waals surface area contributed by atoms with Gasteiger partial charge in [-0.15, -0.1) is 0 Å². The molecule has 5 nitrogen and oxygen atoms in total. The third-order valence-electron chi connectivity index (χ3n) is 3.95. The van der Waals surface area contributed by atoms with Gasteiger partial charge < -0.3 is 15.4 Å². The fraction of sp³-hybridized carbons (Fsp3) is 0.200. The normalized spacial score (nSPS) is 11.6. The van der Waals surface area contributed by atoms with Crippen molar-refractivity contribution in [1.82, 2.24) is 9.97 Å². The number of hydrogen-bond acceptors (Lipinski definition) is 5. The van der Waals surface area contributed by atoms with Gasteiger partial charge in [0, 0.05) is 24.3 Å². The summed E-state index contributed by atoms with van der Waals surface area (Å²) >= 11 is 0. The average Bonchev–Trinajstić information content (AvgIpc) is 2.67. The highest BCUT2D eigenvalue weighted by molar-refractivity contribution is 5.43. The molecule has 25 heavy (non-hydrogen) atoms. The lowest BCUT2D eigenvalue weighted by Gasteiger charge is -2.15. The Morgan fingerprint density at radius 1 is 1.00 bits per heavy atom. The summed E-state index contributed by atoms with van der Waals surface area (Å²) in [6.07, 6.45) is 1.75. The van der Waals surface area contributed by atoms with Crippen LogP contribution in [0.15, 0.2) is 66.9 Å².